The van der Waals surface area contributed by atoms with Crippen molar-refractivity contribution in [3.8, 4) is 0 Å². The van der Waals surface area contributed by atoms with Crippen LogP contribution in [0.1, 0.15) is 31.2 Å². The van der Waals surface area contributed by atoms with E-state index in [1.807, 2.05) is 11.8 Å². The van der Waals surface area contributed by atoms with Gasteiger partial charge in [0, 0.05) is 36.4 Å². The van der Waals surface area contributed by atoms with Gasteiger partial charge in [-0.05, 0) is 0 Å². The summed E-state index contributed by atoms with van der Waals surface area (Å²) in [5.41, 5.74) is 0. The summed E-state index contributed by atoms with van der Waals surface area (Å²) < 4.78 is 0. The quantitative estimate of drug-likeness (QED) is 0.882. The Balaban J connectivity index is 1.82. The van der Waals surface area contributed by atoms with E-state index in [4.69, 9.17) is 0 Å². The molecule has 0 aromatic carbocycles. The molecular weight excluding hydrogens is 268 g/mol. The van der Waals surface area contributed by atoms with Crippen LogP contribution in [0.3, 0.4) is 0 Å². The van der Waals surface area contributed by atoms with Gasteiger partial charge in [-0.25, -0.2) is 0 Å². The lowest BCUT2D eigenvalue weighted by molar-refractivity contribution is -0.116. The van der Waals surface area contributed by atoms with Gasteiger partial charge in [0.05, 0.1) is 0 Å². The zero-order chi connectivity index (χ0) is 13.0. The van der Waals surface area contributed by atoms with Gasteiger partial charge in [-0.1, -0.05) is 25.2 Å². The predicted molar refractivity (Wildman–Crippen MR) is 76.4 cm³/mol. The van der Waals surface area contributed by atoms with Crippen LogP contribution in [0.4, 0.5) is 5.13 Å². The van der Waals surface area contributed by atoms with Crippen molar-refractivity contribution in [2.45, 2.75) is 32.2 Å². The van der Waals surface area contributed by atoms with Crippen LogP contribution in [0.2, 0.25) is 0 Å². The predicted octanol–water partition coefficient (Wildman–Crippen LogP) is 1.70. The Morgan fingerprint density at radius 2 is 2.39 bits per heavy atom. The molecule has 2 heterocycles. The third-order valence-corrected chi connectivity index (χ3v) is 4.88. The lowest BCUT2D eigenvalue weighted by atomic mass is 10.2. The number of carbonyl (C=O) groups is 1. The van der Waals surface area contributed by atoms with E-state index in [0.29, 0.717) is 17.5 Å². The second-order valence-electron chi connectivity index (χ2n) is 4.58. The van der Waals surface area contributed by atoms with E-state index in [2.05, 4.69) is 34.7 Å². The number of rotatable bonds is 4. The molecule has 0 radical (unpaired) electrons. The summed E-state index contributed by atoms with van der Waals surface area (Å²) >= 11 is 3.34. The highest BCUT2D eigenvalue weighted by Gasteiger charge is 2.18. The van der Waals surface area contributed by atoms with Crippen molar-refractivity contribution in [1.82, 2.24) is 15.5 Å². The summed E-state index contributed by atoms with van der Waals surface area (Å²) in [6.45, 7) is 5.11. The Morgan fingerprint density at radius 1 is 1.56 bits per heavy atom. The number of anilines is 1. The van der Waals surface area contributed by atoms with Gasteiger partial charge in [0.1, 0.15) is 5.01 Å². The third-order valence-electron chi connectivity index (χ3n) is 2.61. The van der Waals surface area contributed by atoms with E-state index in [9.17, 15) is 4.79 Å². The van der Waals surface area contributed by atoms with Gasteiger partial charge >= 0.3 is 0 Å². The highest BCUT2D eigenvalue weighted by molar-refractivity contribution is 7.99. The van der Waals surface area contributed by atoms with E-state index in [1.165, 1.54) is 11.3 Å². The number of hydrogen-bond acceptors (Lipinski definition) is 6. The number of nitrogens with one attached hydrogen (secondary N) is 2. The van der Waals surface area contributed by atoms with Gasteiger partial charge in [0.15, 0.2) is 0 Å². The third kappa shape index (κ3) is 3.93. The summed E-state index contributed by atoms with van der Waals surface area (Å²) in [6, 6.07) is 0.279. The zero-order valence-corrected chi connectivity index (χ0v) is 12.2. The monoisotopic (exact) mass is 286 g/mol. The second-order valence-corrected chi connectivity index (χ2v) is 6.74. The minimum absolute atomic E-state index is 0.0152. The molecule has 1 aromatic rings. The molecule has 0 bridgehead atoms. The first kappa shape index (κ1) is 13.8. The fourth-order valence-corrected chi connectivity index (χ4v) is 3.37. The average molecular weight is 286 g/mol. The molecule has 1 saturated heterocycles. The first-order chi connectivity index (χ1) is 8.65. The first-order valence-electron chi connectivity index (χ1n) is 6.09. The van der Waals surface area contributed by atoms with E-state index >= 15 is 0 Å². The SMILES string of the molecule is CC(C)c1nnc(NC(=O)CC2CSCCN2)s1. The maximum Gasteiger partial charge on any atom is 0.227 e. The van der Waals surface area contributed by atoms with Gasteiger partial charge in [-0.2, -0.15) is 11.8 Å². The summed E-state index contributed by atoms with van der Waals surface area (Å²) in [4.78, 5) is 11.8. The molecule has 1 amide bonds. The van der Waals surface area contributed by atoms with Crippen LogP contribution in [0.25, 0.3) is 0 Å². The molecule has 0 saturated carbocycles. The lowest BCUT2D eigenvalue weighted by Crippen LogP contribution is -2.39. The van der Waals surface area contributed by atoms with Gasteiger partial charge in [0.25, 0.3) is 0 Å². The van der Waals surface area contributed by atoms with Crippen molar-refractivity contribution in [2.75, 3.05) is 23.4 Å². The number of nitrogens with zero attached hydrogens (tertiary/aromatic N) is 2. The van der Waals surface area contributed by atoms with Crippen molar-refractivity contribution in [1.29, 1.82) is 0 Å². The van der Waals surface area contributed by atoms with Gasteiger partial charge in [-0.15, -0.1) is 10.2 Å². The Kier molecular flexibility index (Phi) is 4.96. The topological polar surface area (TPSA) is 66.9 Å². The lowest BCUT2D eigenvalue weighted by Gasteiger charge is -2.22. The molecule has 2 N–H and O–H groups in total. The number of carbonyl (C=O) groups excluding carboxylic acids is 1. The van der Waals surface area contributed by atoms with Crippen molar-refractivity contribution < 1.29 is 4.79 Å². The molecule has 1 aliphatic rings. The summed E-state index contributed by atoms with van der Waals surface area (Å²) in [7, 11) is 0. The van der Waals surface area contributed by atoms with E-state index in [0.717, 1.165) is 23.1 Å². The highest BCUT2D eigenvalue weighted by atomic mass is 32.2. The van der Waals surface area contributed by atoms with Crippen LogP contribution in [0, 0.1) is 0 Å². The molecular formula is C11H18N4OS2. The van der Waals surface area contributed by atoms with Gasteiger partial charge in [-0.3, -0.25) is 4.79 Å². The molecule has 7 heteroatoms. The maximum absolute atomic E-state index is 11.8. The largest absolute Gasteiger partial charge is 0.312 e. The van der Waals surface area contributed by atoms with Crippen LogP contribution in [0.15, 0.2) is 0 Å². The second kappa shape index (κ2) is 6.49. The van der Waals surface area contributed by atoms with E-state index < -0.39 is 0 Å². The number of amides is 1. The first-order valence-corrected chi connectivity index (χ1v) is 8.06. The van der Waals surface area contributed by atoms with Crippen LogP contribution in [0.5, 0.6) is 0 Å². The Hall–Kier alpha value is -0.660. The van der Waals surface area contributed by atoms with Gasteiger partial charge in [0.2, 0.25) is 11.0 Å². The molecule has 1 aromatic heterocycles. The minimum Gasteiger partial charge on any atom is -0.312 e. The normalized spacial score (nSPS) is 20.1. The van der Waals surface area contributed by atoms with Crippen LogP contribution in [-0.2, 0) is 4.79 Å². The van der Waals surface area contributed by atoms with Crippen molar-refractivity contribution in [3.63, 3.8) is 0 Å². The molecule has 0 aliphatic carbocycles. The molecule has 100 valence electrons. The molecule has 1 unspecified atom stereocenters. The smallest absolute Gasteiger partial charge is 0.227 e. The van der Waals surface area contributed by atoms with Crippen LogP contribution >= 0.6 is 23.1 Å². The highest BCUT2D eigenvalue weighted by Crippen LogP contribution is 2.22. The summed E-state index contributed by atoms with van der Waals surface area (Å²) in [5, 5.41) is 15.8. The number of thioether (sulfide) groups is 1. The Labute approximate surface area is 115 Å². The van der Waals surface area contributed by atoms with Crippen molar-refractivity contribution >= 4 is 34.1 Å². The summed E-state index contributed by atoms with van der Waals surface area (Å²) in [6.07, 6.45) is 0.504. The minimum atomic E-state index is 0.0152. The van der Waals surface area contributed by atoms with Gasteiger partial charge < -0.3 is 10.6 Å². The zero-order valence-electron chi connectivity index (χ0n) is 10.6. The maximum atomic E-state index is 11.8. The standard InChI is InChI=1S/C11H18N4OS2/c1-7(2)10-14-15-11(18-10)13-9(16)5-8-6-17-4-3-12-8/h7-8,12H,3-6H2,1-2H3,(H,13,15,16). The number of aromatic nitrogens is 2. The number of hydrogen-bond donors (Lipinski definition) is 2. The fraction of sp³-hybridized carbons (Fsp3) is 0.727. The molecule has 5 nitrogen and oxygen atoms in total. The van der Waals surface area contributed by atoms with Crippen LogP contribution < -0.4 is 10.6 Å². The Bertz CT molecular complexity index is 402. The molecule has 0 spiro atoms. The van der Waals surface area contributed by atoms with E-state index in [-0.39, 0.29) is 11.9 Å². The molecule has 1 fully saturated rings. The fourth-order valence-electron chi connectivity index (χ4n) is 1.66. The molecule has 1 atom stereocenters. The molecule has 1 aliphatic heterocycles. The molecule has 2 rings (SSSR count). The van der Waals surface area contributed by atoms with E-state index in [1.54, 1.807) is 0 Å². The Morgan fingerprint density at radius 3 is 3.00 bits per heavy atom. The summed E-state index contributed by atoms with van der Waals surface area (Å²) in [5.74, 6) is 2.50. The average Bonchev–Trinajstić information content (AvgIpc) is 2.78. The molecule has 18 heavy (non-hydrogen) atoms. The van der Waals surface area contributed by atoms with Crippen molar-refractivity contribution in [3.05, 3.63) is 5.01 Å². The van der Waals surface area contributed by atoms with Crippen LogP contribution in [-0.4, -0.2) is 40.2 Å². The van der Waals surface area contributed by atoms with Crippen molar-refractivity contribution in [2.24, 2.45) is 0 Å².